The van der Waals surface area contributed by atoms with Crippen LogP contribution in [-0.4, -0.2) is 16.9 Å². The Bertz CT molecular complexity index is 988. The lowest BCUT2D eigenvalue weighted by Crippen LogP contribution is -2.92. The highest BCUT2D eigenvalue weighted by Crippen LogP contribution is 2.23. The van der Waals surface area contributed by atoms with E-state index in [4.69, 9.17) is 0 Å². The molecule has 1 amide bonds. The zero-order valence-electron chi connectivity index (χ0n) is 16.4. The smallest absolute Gasteiger partial charge is 0.292 e. The van der Waals surface area contributed by atoms with Crippen LogP contribution in [0.5, 0.6) is 0 Å². The molecule has 3 aromatic rings. The van der Waals surface area contributed by atoms with Crippen molar-refractivity contribution in [3.63, 3.8) is 0 Å². The van der Waals surface area contributed by atoms with Crippen LogP contribution in [0.4, 0.5) is 11.4 Å². The normalized spacial score (nSPS) is 12.8. The number of nitro benzene ring substituents is 1. The topological polar surface area (TPSA) is 88.8 Å². The van der Waals surface area contributed by atoms with Gasteiger partial charge in [-0.1, -0.05) is 72.3 Å². The van der Waals surface area contributed by atoms with Crippen LogP contribution in [0.2, 0.25) is 0 Å². The first-order valence-corrected chi connectivity index (χ1v) is 9.46. The summed E-state index contributed by atoms with van der Waals surface area (Å²) in [5.41, 5.74) is 3.43. The van der Waals surface area contributed by atoms with Crippen LogP contribution in [0.1, 0.15) is 29.7 Å². The number of rotatable bonds is 7. The van der Waals surface area contributed by atoms with Gasteiger partial charge in [0.25, 0.3) is 11.6 Å². The van der Waals surface area contributed by atoms with Gasteiger partial charge in [-0.2, -0.15) is 0 Å². The van der Waals surface area contributed by atoms with Gasteiger partial charge in [0.1, 0.15) is 11.7 Å². The average molecular weight is 390 g/mol. The Morgan fingerprint density at radius 1 is 0.931 bits per heavy atom. The van der Waals surface area contributed by atoms with Crippen molar-refractivity contribution in [1.29, 1.82) is 0 Å². The second-order valence-corrected chi connectivity index (χ2v) is 7.04. The van der Waals surface area contributed by atoms with E-state index in [2.05, 4.69) is 29.6 Å². The molecular formula is C23H24N3O3+. The number of hydrogen-bond acceptors (Lipinski definition) is 3. The number of nitro groups is 1. The Balaban J connectivity index is 1.81. The third kappa shape index (κ3) is 5.06. The number of para-hydroxylation sites is 2. The summed E-state index contributed by atoms with van der Waals surface area (Å²) < 4.78 is 0. The summed E-state index contributed by atoms with van der Waals surface area (Å²) in [5, 5.41) is 15.9. The Kier molecular flexibility index (Phi) is 6.36. The van der Waals surface area contributed by atoms with Gasteiger partial charge in [-0.25, -0.2) is 0 Å². The quantitative estimate of drug-likeness (QED) is 0.477. The molecule has 3 N–H and O–H groups in total. The fourth-order valence-electron chi connectivity index (χ4n) is 3.21. The Hall–Kier alpha value is -3.51. The molecule has 0 radical (unpaired) electrons. The largest absolute Gasteiger partial charge is 0.326 e. The molecule has 0 spiro atoms. The number of nitrogens with zero attached hydrogens (tertiary/aromatic N) is 1. The third-order valence-corrected chi connectivity index (χ3v) is 4.85. The van der Waals surface area contributed by atoms with Crippen molar-refractivity contribution in [2.75, 3.05) is 5.32 Å². The highest BCUT2D eigenvalue weighted by atomic mass is 16.6. The first kappa shape index (κ1) is 20.2. The third-order valence-electron chi connectivity index (χ3n) is 4.85. The van der Waals surface area contributed by atoms with E-state index in [9.17, 15) is 14.9 Å². The van der Waals surface area contributed by atoms with E-state index in [1.807, 2.05) is 42.6 Å². The highest BCUT2D eigenvalue weighted by molar-refractivity contribution is 5.95. The molecule has 0 aromatic heterocycles. The number of anilines is 1. The number of nitrogens with two attached hydrogens (primary N) is 1. The molecule has 0 aliphatic carbocycles. The Labute approximate surface area is 169 Å². The fraction of sp³-hybridized carbons (Fsp3) is 0.174. The Morgan fingerprint density at radius 2 is 1.52 bits per heavy atom. The van der Waals surface area contributed by atoms with E-state index >= 15 is 0 Å². The SMILES string of the molecule is Cc1ccc([C@@H]([NH2+][C@H](C)C(=O)Nc2ccccc2[N+](=O)[O-])c2ccccc2)cc1. The van der Waals surface area contributed by atoms with Gasteiger partial charge in [0.2, 0.25) is 0 Å². The van der Waals surface area contributed by atoms with Gasteiger partial charge < -0.3 is 10.6 Å². The fourth-order valence-corrected chi connectivity index (χ4v) is 3.21. The lowest BCUT2D eigenvalue weighted by atomic mass is 9.97. The monoisotopic (exact) mass is 390 g/mol. The van der Waals surface area contributed by atoms with E-state index in [1.54, 1.807) is 19.1 Å². The van der Waals surface area contributed by atoms with Gasteiger partial charge in [-0.3, -0.25) is 14.9 Å². The maximum absolute atomic E-state index is 12.8. The molecule has 6 heteroatoms. The summed E-state index contributed by atoms with van der Waals surface area (Å²) in [7, 11) is 0. The van der Waals surface area contributed by atoms with Crippen molar-refractivity contribution in [2.24, 2.45) is 0 Å². The van der Waals surface area contributed by atoms with E-state index in [0.29, 0.717) is 0 Å². The molecule has 0 unspecified atom stereocenters. The number of carbonyl (C=O) groups is 1. The molecule has 6 nitrogen and oxygen atoms in total. The van der Waals surface area contributed by atoms with Crippen molar-refractivity contribution in [3.05, 3.63) is 106 Å². The van der Waals surface area contributed by atoms with Crippen LogP contribution in [0, 0.1) is 17.0 Å². The van der Waals surface area contributed by atoms with Crippen molar-refractivity contribution in [1.82, 2.24) is 0 Å². The summed E-state index contributed by atoms with van der Waals surface area (Å²) in [4.78, 5) is 23.5. The van der Waals surface area contributed by atoms with Crippen LogP contribution >= 0.6 is 0 Å². The van der Waals surface area contributed by atoms with Crippen LogP contribution in [0.15, 0.2) is 78.9 Å². The van der Waals surface area contributed by atoms with Crippen molar-refractivity contribution in [2.45, 2.75) is 25.9 Å². The van der Waals surface area contributed by atoms with Gasteiger partial charge in [0.05, 0.1) is 4.92 Å². The molecule has 0 saturated carbocycles. The van der Waals surface area contributed by atoms with Crippen LogP contribution in [0.25, 0.3) is 0 Å². The molecule has 2 atom stereocenters. The molecule has 3 rings (SSSR count). The Morgan fingerprint density at radius 3 is 2.17 bits per heavy atom. The van der Waals surface area contributed by atoms with Gasteiger partial charge in [-0.15, -0.1) is 0 Å². The predicted octanol–water partition coefficient (Wildman–Crippen LogP) is 3.58. The minimum Gasteiger partial charge on any atom is -0.326 e. The molecular weight excluding hydrogens is 366 g/mol. The summed E-state index contributed by atoms with van der Waals surface area (Å²) >= 11 is 0. The number of amides is 1. The van der Waals surface area contributed by atoms with Crippen molar-refractivity contribution in [3.8, 4) is 0 Å². The zero-order chi connectivity index (χ0) is 20.8. The molecule has 3 aromatic carbocycles. The van der Waals surface area contributed by atoms with Gasteiger partial charge in [-0.05, 0) is 19.9 Å². The maximum Gasteiger partial charge on any atom is 0.292 e. The minimum absolute atomic E-state index is 0.0664. The van der Waals surface area contributed by atoms with Crippen LogP contribution < -0.4 is 10.6 Å². The number of quaternary nitrogens is 1. The molecule has 148 valence electrons. The number of nitrogens with one attached hydrogen (secondary N) is 1. The van der Waals surface area contributed by atoms with Gasteiger partial charge in [0, 0.05) is 17.2 Å². The zero-order valence-corrected chi connectivity index (χ0v) is 16.4. The molecule has 0 bridgehead atoms. The van der Waals surface area contributed by atoms with Crippen molar-refractivity contribution < 1.29 is 15.0 Å². The molecule has 29 heavy (non-hydrogen) atoms. The summed E-state index contributed by atoms with van der Waals surface area (Å²) in [6, 6.07) is 23.8. The molecule has 0 aliphatic rings. The maximum atomic E-state index is 12.8. The number of benzene rings is 3. The lowest BCUT2D eigenvalue weighted by Gasteiger charge is -2.21. The first-order chi connectivity index (χ1) is 14.0. The molecule has 0 saturated heterocycles. The first-order valence-electron chi connectivity index (χ1n) is 9.46. The summed E-state index contributed by atoms with van der Waals surface area (Å²) in [6.45, 7) is 3.84. The van der Waals surface area contributed by atoms with E-state index in [1.165, 1.54) is 17.7 Å². The molecule has 0 fully saturated rings. The van der Waals surface area contributed by atoms with E-state index < -0.39 is 11.0 Å². The van der Waals surface area contributed by atoms with Gasteiger partial charge in [0.15, 0.2) is 6.04 Å². The number of carbonyl (C=O) groups excluding carboxylic acids is 1. The highest BCUT2D eigenvalue weighted by Gasteiger charge is 2.26. The van der Waals surface area contributed by atoms with Crippen LogP contribution in [0.3, 0.4) is 0 Å². The van der Waals surface area contributed by atoms with Gasteiger partial charge >= 0.3 is 0 Å². The van der Waals surface area contributed by atoms with E-state index in [0.717, 1.165) is 11.1 Å². The summed E-state index contributed by atoms with van der Waals surface area (Å²) in [5.74, 6) is -0.285. The standard InChI is InChI=1S/C23H23N3O3/c1-16-12-14-19(15-13-16)22(18-8-4-3-5-9-18)24-17(2)23(27)25-20-10-6-7-11-21(20)26(28)29/h3-15,17,22,24H,1-2H3,(H,25,27)/p+1/t17-,22+/m1/s1. The second-order valence-electron chi connectivity index (χ2n) is 7.04. The average Bonchev–Trinajstić information content (AvgIpc) is 2.73. The van der Waals surface area contributed by atoms with E-state index in [-0.39, 0.29) is 23.3 Å². The number of hydrogen-bond donors (Lipinski definition) is 2. The lowest BCUT2D eigenvalue weighted by molar-refractivity contribution is -0.704. The van der Waals surface area contributed by atoms with Crippen LogP contribution in [-0.2, 0) is 4.79 Å². The second kappa shape index (κ2) is 9.12. The number of aryl methyl sites for hydroxylation is 1. The predicted molar refractivity (Wildman–Crippen MR) is 113 cm³/mol. The van der Waals surface area contributed by atoms with Crippen molar-refractivity contribution >= 4 is 17.3 Å². The minimum atomic E-state index is -0.497. The molecule has 0 aliphatic heterocycles. The summed E-state index contributed by atoms with van der Waals surface area (Å²) in [6.07, 6.45) is 0. The molecule has 0 heterocycles.